The minimum Gasteiger partial charge on any atom is -0.478 e. The zero-order chi connectivity index (χ0) is 40.9. The third kappa shape index (κ3) is 9.78. The zero-order valence-corrected chi connectivity index (χ0v) is 30.7. The number of carbonyl (C=O) groups is 3. The number of benzene rings is 2. The number of carboxylic acid groups (broad SMARTS) is 1. The Hall–Kier alpha value is -4.53. The molecule has 6 rings (SSSR count). The first-order valence-electron chi connectivity index (χ1n) is 18.4. The molecule has 1 saturated carbocycles. The van der Waals surface area contributed by atoms with E-state index in [-0.39, 0.29) is 18.4 Å². The second kappa shape index (κ2) is 18.4. The van der Waals surface area contributed by atoms with Gasteiger partial charge in [-0.15, -0.1) is 0 Å². The number of ether oxygens (including phenoxy) is 7. The van der Waals surface area contributed by atoms with Gasteiger partial charge in [-0.2, -0.15) is 0 Å². The van der Waals surface area contributed by atoms with E-state index in [0.717, 1.165) is 17.4 Å². The molecule has 0 bridgehead atoms. The SMILES string of the molecule is C[C@]1(O[C@@H]2O[C@H](COC(=O)/C=C/c3ccccc3)[C@@H](O)[C@H](O)[C@H]2O)CC[C@H]2C(C(=O)O)=CO[C@@H](O[C@@H]3O[C@H](COC(=O)/C=C/c4ccccc4)[C@@H](O)[C@H](O)[C@H]3O)C21. The fraction of sp³-hybridized carbons (Fsp3) is 0.475. The summed E-state index contributed by atoms with van der Waals surface area (Å²) in [6.07, 6.45) is -11.5. The van der Waals surface area contributed by atoms with Gasteiger partial charge in [0.15, 0.2) is 12.6 Å². The Kier molecular flexibility index (Phi) is 13.6. The molecule has 1 unspecified atom stereocenters. The molecule has 2 saturated heterocycles. The van der Waals surface area contributed by atoms with E-state index in [2.05, 4.69) is 0 Å². The molecule has 17 heteroatoms. The van der Waals surface area contributed by atoms with Crippen LogP contribution < -0.4 is 0 Å². The van der Waals surface area contributed by atoms with E-state index in [0.29, 0.717) is 0 Å². The largest absolute Gasteiger partial charge is 0.478 e. The fourth-order valence-corrected chi connectivity index (χ4v) is 7.41. The van der Waals surface area contributed by atoms with Crippen LogP contribution in [0.5, 0.6) is 0 Å². The van der Waals surface area contributed by atoms with Crippen LogP contribution in [-0.2, 0) is 47.5 Å². The van der Waals surface area contributed by atoms with E-state index in [1.54, 1.807) is 55.5 Å². The summed E-state index contributed by atoms with van der Waals surface area (Å²) in [6.45, 7) is 0.493. The minimum atomic E-state index is -1.85. The van der Waals surface area contributed by atoms with Gasteiger partial charge in [-0.3, -0.25) is 0 Å². The van der Waals surface area contributed by atoms with Crippen LogP contribution >= 0.6 is 0 Å². The Morgan fingerprint density at radius 1 is 0.702 bits per heavy atom. The summed E-state index contributed by atoms with van der Waals surface area (Å²) >= 11 is 0. The summed E-state index contributed by atoms with van der Waals surface area (Å²) in [5.41, 5.74) is -0.111. The van der Waals surface area contributed by atoms with E-state index in [1.165, 1.54) is 24.3 Å². The first-order valence-corrected chi connectivity index (χ1v) is 18.4. The molecule has 0 aromatic heterocycles. The molecule has 0 radical (unpaired) electrons. The van der Waals surface area contributed by atoms with Crippen LogP contribution in [0.4, 0.5) is 0 Å². The van der Waals surface area contributed by atoms with E-state index < -0.39 is 116 Å². The van der Waals surface area contributed by atoms with E-state index in [4.69, 9.17) is 33.2 Å². The van der Waals surface area contributed by atoms with Crippen molar-refractivity contribution in [1.29, 1.82) is 0 Å². The van der Waals surface area contributed by atoms with Crippen molar-refractivity contribution in [3.63, 3.8) is 0 Å². The number of aliphatic carboxylic acids is 1. The number of hydrogen-bond donors (Lipinski definition) is 7. The third-order valence-electron chi connectivity index (χ3n) is 10.6. The van der Waals surface area contributed by atoms with Crippen molar-refractivity contribution in [3.05, 3.63) is 95.8 Å². The normalized spacial score (nSPS) is 36.6. The standard InChI is InChI=1S/C40H46O17/c1-40(57-39-35(48)33(46)31(44)26(55-39)20-52-28(42)15-13-22-10-6-3-7-11-22)17-16-23-24(36(49)50)18-53-37(29(23)40)56-38-34(47)32(45)30(43)25(54-38)19-51-27(41)14-12-21-8-4-2-5-9-21/h2-15,18,23,25-26,29-35,37-39,43-48H,16-17,19-20H2,1H3,(H,49,50)/b14-12+,15-13+/t23-,25+,26+,29?,30+,31+,32-,33-,34+,35+,37-,38-,39-,40-/m0/s1. The predicted molar refractivity (Wildman–Crippen MR) is 194 cm³/mol. The molecule has 1 aliphatic carbocycles. The number of carbonyl (C=O) groups excluding carboxylic acids is 2. The number of esters is 2. The summed E-state index contributed by atoms with van der Waals surface area (Å²) in [5, 5.41) is 74.7. The van der Waals surface area contributed by atoms with Gasteiger partial charge in [0, 0.05) is 18.1 Å². The van der Waals surface area contributed by atoms with Crippen molar-refractivity contribution in [2.24, 2.45) is 11.8 Å². The summed E-state index contributed by atoms with van der Waals surface area (Å²) < 4.78 is 40.2. The number of rotatable bonds is 13. The maximum Gasteiger partial charge on any atom is 0.334 e. The Morgan fingerprint density at radius 3 is 1.70 bits per heavy atom. The smallest absolute Gasteiger partial charge is 0.334 e. The Bertz CT molecular complexity index is 1780. The molecular formula is C40H46O17. The van der Waals surface area contributed by atoms with Gasteiger partial charge in [-0.1, -0.05) is 60.7 Å². The van der Waals surface area contributed by atoms with E-state index in [1.807, 2.05) is 12.1 Å². The van der Waals surface area contributed by atoms with Crippen LogP contribution in [0.15, 0.2) is 84.7 Å². The summed E-state index contributed by atoms with van der Waals surface area (Å²) in [7, 11) is 0. The third-order valence-corrected chi connectivity index (χ3v) is 10.6. The molecule has 2 aromatic rings. The topological polar surface area (TPSA) is 257 Å². The maximum absolute atomic E-state index is 12.4. The Morgan fingerprint density at radius 2 is 1.19 bits per heavy atom. The van der Waals surface area contributed by atoms with Gasteiger partial charge in [0.25, 0.3) is 0 Å². The highest BCUT2D eigenvalue weighted by atomic mass is 16.8. The lowest BCUT2D eigenvalue weighted by Gasteiger charge is -2.47. The van der Waals surface area contributed by atoms with E-state index in [9.17, 15) is 50.1 Å². The highest BCUT2D eigenvalue weighted by Gasteiger charge is 2.59. The summed E-state index contributed by atoms with van der Waals surface area (Å²) in [4.78, 5) is 37.1. The number of fused-ring (bicyclic) bond motifs is 1. The average Bonchev–Trinajstić information content (AvgIpc) is 3.56. The van der Waals surface area contributed by atoms with Gasteiger partial charge in [-0.05, 0) is 43.0 Å². The van der Waals surface area contributed by atoms with Crippen LogP contribution in [0.1, 0.15) is 30.9 Å². The van der Waals surface area contributed by atoms with Gasteiger partial charge in [-0.25, -0.2) is 14.4 Å². The molecule has 7 N–H and O–H groups in total. The molecule has 17 nitrogen and oxygen atoms in total. The molecule has 2 aromatic carbocycles. The number of carboxylic acids is 1. The first-order chi connectivity index (χ1) is 27.3. The summed E-state index contributed by atoms with van der Waals surface area (Å²) in [5.74, 6) is -4.65. The average molecular weight is 799 g/mol. The van der Waals surface area contributed by atoms with Crippen molar-refractivity contribution < 1.29 is 83.3 Å². The lowest BCUT2D eigenvalue weighted by atomic mass is 9.81. The van der Waals surface area contributed by atoms with Gasteiger partial charge in [0.2, 0.25) is 6.29 Å². The number of hydrogen-bond acceptors (Lipinski definition) is 16. The van der Waals surface area contributed by atoms with Crippen molar-refractivity contribution in [2.75, 3.05) is 13.2 Å². The second-order valence-corrected chi connectivity index (χ2v) is 14.4. The van der Waals surface area contributed by atoms with Gasteiger partial charge < -0.3 is 68.9 Å². The molecule has 3 heterocycles. The molecule has 4 aliphatic rings. The first kappa shape index (κ1) is 42.1. The van der Waals surface area contributed by atoms with Crippen LogP contribution in [0, 0.1) is 11.8 Å². The van der Waals surface area contributed by atoms with Crippen LogP contribution in [0.3, 0.4) is 0 Å². The Labute approximate surface area is 326 Å². The highest BCUT2D eigenvalue weighted by molar-refractivity contribution is 5.88. The second-order valence-electron chi connectivity index (χ2n) is 14.4. The van der Waals surface area contributed by atoms with Crippen LogP contribution in [-0.4, -0.2) is 140 Å². The van der Waals surface area contributed by atoms with Gasteiger partial charge in [0.05, 0.1) is 23.4 Å². The number of aliphatic hydroxyl groups is 6. The van der Waals surface area contributed by atoms with Crippen molar-refractivity contribution in [2.45, 2.75) is 93.1 Å². The van der Waals surface area contributed by atoms with Crippen molar-refractivity contribution >= 4 is 30.1 Å². The van der Waals surface area contributed by atoms with Crippen LogP contribution in [0.2, 0.25) is 0 Å². The maximum atomic E-state index is 12.4. The van der Waals surface area contributed by atoms with Crippen molar-refractivity contribution in [3.8, 4) is 0 Å². The lowest BCUT2D eigenvalue weighted by molar-refractivity contribution is -0.362. The predicted octanol–water partition coefficient (Wildman–Crippen LogP) is 0.258. The number of aliphatic hydroxyl groups excluding tert-OH is 6. The van der Waals surface area contributed by atoms with Crippen molar-refractivity contribution in [1.82, 2.24) is 0 Å². The molecule has 57 heavy (non-hydrogen) atoms. The molecule has 308 valence electrons. The molecule has 14 atom stereocenters. The van der Waals surface area contributed by atoms with Gasteiger partial charge in [0.1, 0.15) is 62.0 Å². The molecule has 3 fully saturated rings. The molecule has 0 amide bonds. The summed E-state index contributed by atoms with van der Waals surface area (Å²) in [6, 6.07) is 17.9. The lowest BCUT2D eigenvalue weighted by Crippen LogP contribution is -2.62. The highest BCUT2D eigenvalue weighted by Crippen LogP contribution is 2.52. The van der Waals surface area contributed by atoms with Gasteiger partial charge >= 0.3 is 17.9 Å². The minimum absolute atomic E-state index is 0.130. The molecular weight excluding hydrogens is 752 g/mol. The molecule has 0 spiro atoms. The van der Waals surface area contributed by atoms with E-state index >= 15 is 0 Å². The fourth-order valence-electron chi connectivity index (χ4n) is 7.41. The Balaban J connectivity index is 1.14. The quantitative estimate of drug-likeness (QED) is 0.106. The molecule has 3 aliphatic heterocycles. The van der Waals surface area contributed by atoms with Crippen LogP contribution in [0.25, 0.3) is 12.2 Å². The monoisotopic (exact) mass is 798 g/mol. The zero-order valence-electron chi connectivity index (χ0n) is 30.7.